The normalized spacial score (nSPS) is 19.2. The van der Waals surface area contributed by atoms with Crippen LogP contribution in [0.5, 0.6) is 0 Å². The van der Waals surface area contributed by atoms with Crippen LogP contribution in [0.2, 0.25) is 0 Å². The molecule has 0 aliphatic carbocycles. The molecule has 6 nitrogen and oxygen atoms in total. The molecule has 3 N–H and O–H groups in total. The van der Waals surface area contributed by atoms with Crippen molar-refractivity contribution in [3.63, 3.8) is 0 Å². The summed E-state index contributed by atoms with van der Waals surface area (Å²) in [5.41, 5.74) is 1.11. The number of hydrogen-bond donors (Lipinski definition) is 3. The molecule has 2 rings (SSSR count). The van der Waals surface area contributed by atoms with Crippen LogP contribution in [-0.2, 0) is 0 Å². The van der Waals surface area contributed by atoms with Crippen LogP contribution in [-0.4, -0.2) is 60.6 Å². The van der Waals surface area contributed by atoms with Gasteiger partial charge in [-0.3, -0.25) is 9.59 Å². The van der Waals surface area contributed by atoms with Gasteiger partial charge in [0.25, 0.3) is 11.8 Å². The third-order valence-electron chi connectivity index (χ3n) is 4.39. The van der Waals surface area contributed by atoms with Gasteiger partial charge in [-0.05, 0) is 37.6 Å². The number of hydrogen-bond acceptors (Lipinski definition) is 4. The molecular formula is C18H28ClN3O3. The van der Waals surface area contributed by atoms with Gasteiger partial charge in [0.05, 0.1) is 6.10 Å². The highest BCUT2D eigenvalue weighted by Gasteiger charge is 2.25. The van der Waals surface area contributed by atoms with E-state index in [9.17, 15) is 14.7 Å². The monoisotopic (exact) mass is 369 g/mol. The van der Waals surface area contributed by atoms with E-state index in [0.29, 0.717) is 37.3 Å². The average molecular weight is 370 g/mol. The molecule has 25 heavy (non-hydrogen) atoms. The summed E-state index contributed by atoms with van der Waals surface area (Å²) in [5, 5.41) is 15.7. The largest absolute Gasteiger partial charge is 0.391 e. The number of carbonyl (C=O) groups excluding carboxylic acids is 2. The first-order valence-corrected chi connectivity index (χ1v) is 8.63. The highest BCUT2D eigenvalue weighted by Crippen LogP contribution is 2.10. The molecule has 1 aromatic rings. The van der Waals surface area contributed by atoms with Gasteiger partial charge < -0.3 is 20.6 Å². The molecule has 0 spiro atoms. The predicted molar refractivity (Wildman–Crippen MR) is 100 cm³/mol. The molecular weight excluding hydrogens is 342 g/mol. The molecule has 1 aromatic carbocycles. The zero-order chi connectivity index (χ0) is 17.5. The zero-order valence-electron chi connectivity index (χ0n) is 14.8. The Morgan fingerprint density at radius 2 is 1.84 bits per heavy atom. The molecule has 0 radical (unpaired) electrons. The third kappa shape index (κ3) is 5.70. The smallest absolute Gasteiger partial charge is 0.253 e. The highest BCUT2D eigenvalue weighted by atomic mass is 35.5. The number of carbonyl (C=O) groups is 2. The minimum atomic E-state index is -0.413. The van der Waals surface area contributed by atoms with Gasteiger partial charge in [0.2, 0.25) is 0 Å². The van der Waals surface area contributed by atoms with E-state index in [1.165, 1.54) is 0 Å². The minimum absolute atomic E-state index is 0. The Balaban J connectivity index is 0.00000312. The summed E-state index contributed by atoms with van der Waals surface area (Å²) in [6.07, 6.45) is 0.506. The van der Waals surface area contributed by atoms with Crippen molar-refractivity contribution in [2.24, 2.45) is 5.92 Å². The predicted octanol–water partition coefficient (Wildman–Crippen LogP) is 1.29. The number of nitrogens with zero attached hydrogens (tertiary/aromatic N) is 1. The van der Waals surface area contributed by atoms with Gasteiger partial charge in [-0.25, -0.2) is 0 Å². The minimum Gasteiger partial charge on any atom is -0.391 e. The number of aliphatic hydroxyl groups is 1. The number of β-amino-alcohol motifs (C(OH)–C–C–N with tert-alkyl or cyclic N) is 1. The van der Waals surface area contributed by atoms with E-state index in [1.807, 2.05) is 13.8 Å². The maximum atomic E-state index is 12.4. The molecule has 1 fully saturated rings. The molecule has 0 saturated carbocycles. The first-order chi connectivity index (χ1) is 11.6. The Morgan fingerprint density at radius 3 is 2.36 bits per heavy atom. The van der Waals surface area contributed by atoms with Crippen molar-refractivity contribution in [3.8, 4) is 0 Å². The van der Waals surface area contributed by atoms with E-state index in [4.69, 9.17) is 0 Å². The van der Waals surface area contributed by atoms with Crippen LogP contribution in [0.15, 0.2) is 24.3 Å². The van der Waals surface area contributed by atoms with Crippen LogP contribution in [0.4, 0.5) is 0 Å². The summed E-state index contributed by atoms with van der Waals surface area (Å²) in [7, 11) is 0. The van der Waals surface area contributed by atoms with E-state index in [1.54, 1.807) is 29.2 Å². The number of nitrogens with one attached hydrogen (secondary N) is 2. The van der Waals surface area contributed by atoms with E-state index in [0.717, 1.165) is 13.0 Å². The van der Waals surface area contributed by atoms with Crippen molar-refractivity contribution in [1.82, 2.24) is 15.5 Å². The van der Waals surface area contributed by atoms with Gasteiger partial charge in [-0.1, -0.05) is 6.92 Å². The fourth-order valence-electron chi connectivity index (χ4n) is 2.87. The van der Waals surface area contributed by atoms with Gasteiger partial charge >= 0.3 is 0 Å². The first-order valence-electron chi connectivity index (χ1n) is 8.63. The summed E-state index contributed by atoms with van der Waals surface area (Å²) >= 11 is 0. The molecule has 140 valence electrons. The second-order valence-electron chi connectivity index (χ2n) is 6.16. The van der Waals surface area contributed by atoms with Crippen molar-refractivity contribution >= 4 is 24.2 Å². The van der Waals surface area contributed by atoms with Crippen molar-refractivity contribution in [2.45, 2.75) is 26.4 Å². The van der Waals surface area contributed by atoms with Gasteiger partial charge in [0.1, 0.15) is 0 Å². The van der Waals surface area contributed by atoms with Crippen LogP contribution in [0.1, 0.15) is 41.0 Å². The fraction of sp³-hybridized carbons (Fsp3) is 0.556. The summed E-state index contributed by atoms with van der Waals surface area (Å²) in [6, 6.07) is 6.74. The van der Waals surface area contributed by atoms with Crippen LogP contribution in [0.25, 0.3) is 0 Å². The Hall–Kier alpha value is -1.63. The van der Waals surface area contributed by atoms with Gasteiger partial charge in [-0.15, -0.1) is 12.4 Å². The standard InChI is InChI=1S/C18H27N3O3.ClH/c1-3-9-21(4-2)18(24)14-7-5-13(6-8-14)17(23)20-11-15-10-19-12-16(15)22;/h5-8,15-16,19,22H,3-4,9-12H2,1-2H3,(H,20,23);1H. The molecule has 1 aliphatic rings. The van der Waals surface area contributed by atoms with E-state index >= 15 is 0 Å². The lowest BCUT2D eigenvalue weighted by Crippen LogP contribution is -2.34. The number of amides is 2. The second kappa shape index (κ2) is 10.4. The quantitative estimate of drug-likeness (QED) is 0.676. The Kier molecular flexibility index (Phi) is 8.89. The molecule has 7 heteroatoms. The van der Waals surface area contributed by atoms with Crippen LogP contribution in [0.3, 0.4) is 0 Å². The average Bonchev–Trinajstić information content (AvgIpc) is 3.02. The molecule has 0 aromatic heterocycles. The van der Waals surface area contributed by atoms with E-state index < -0.39 is 6.10 Å². The van der Waals surface area contributed by atoms with Crippen LogP contribution < -0.4 is 10.6 Å². The number of benzene rings is 1. The molecule has 1 aliphatic heterocycles. The summed E-state index contributed by atoms with van der Waals surface area (Å²) in [5.74, 6) is -0.151. The van der Waals surface area contributed by atoms with Crippen molar-refractivity contribution < 1.29 is 14.7 Å². The molecule has 1 saturated heterocycles. The molecule has 2 amide bonds. The lowest BCUT2D eigenvalue weighted by molar-refractivity contribution is 0.0763. The topological polar surface area (TPSA) is 81.7 Å². The fourth-order valence-corrected chi connectivity index (χ4v) is 2.87. The number of rotatable bonds is 7. The first kappa shape index (κ1) is 21.4. The van der Waals surface area contributed by atoms with E-state index in [-0.39, 0.29) is 30.1 Å². The number of aliphatic hydroxyl groups excluding tert-OH is 1. The van der Waals surface area contributed by atoms with Crippen molar-refractivity contribution in [2.75, 3.05) is 32.7 Å². The van der Waals surface area contributed by atoms with Gasteiger partial charge in [-0.2, -0.15) is 0 Å². The maximum absolute atomic E-state index is 12.4. The lowest BCUT2D eigenvalue weighted by Gasteiger charge is -2.20. The van der Waals surface area contributed by atoms with Crippen LogP contribution >= 0.6 is 12.4 Å². The Bertz CT molecular complexity index is 565. The van der Waals surface area contributed by atoms with Crippen molar-refractivity contribution in [1.29, 1.82) is 0 Å². The SMILES string of the molecule is CCCN(CC)C(=O)c1ccc(C(=O)NCC2CNCC2O)cc1.Cl. The zero-order valence-corrected chi connectivity index (χ0v) is 15.6. The number of halogens is 1. The highest BCUT2D eigenvalue weighted by molar-refractivity contribution is 5.97. The van der Waals surface area contributed by atoms with Crippen molar-refractivity contribution in [3.05, 3.63) is 35.4 Å². The third-order valence-corrected chi connectivity index (χ3v) is 4.39. The summed E-state index contributed by atoms with van der Waals surface area (Å²) < 4.78 is 0. The van der Waals surface area contributed by atoms with Gasteiger partial charge in [0.15, 0.2) is 0 Å². The molecule has 2 unspecified atom stereocenters. The maximum Gasteiger partial charge on any atom is 0.253 e. The Morgan fingerprint density at radius 1 is 1.20 bits per heavy atom. The summed E-state index contributed by atoms with van der Waals surface area (Å²) in [4.78, 5) is 26.3. The second-order valence-corrected chi connectivity index (χ2v) is 6.16. The van der Waals surface area contributed by atoms with Crippen LogP contribution in [0, 0.1) is 5.92 Å². The Labute approximate surface area is 155 Å². The lowest BCUT2D eigenvalue weighted by atomic mass is 10.1. The van der Waals surface area contributed by atoms with Gasteiger partial charge in [0, 0.05) is 49.8 Å². The molecule has 2 atom stereocenters. The molecule has 1 heterocycles. The summed E-state index contributed by atoms with van der Waals surface area (Å²) in [6.45, 7) is 7.12. The molecule has 0 bridgehead atoms. The van der Waals surface area contributed by atoms with E-state index in [2.05, 4.69) is 10.6 Å².